The predicted molar refractivity (Wildman–Crippen MR) is 70.4 cm³/mol. The van der Waals surface area contributed by atoms with Crippen molar-refractivity contribution in [1.82, 2.24) is 0 Å². The van der Waals surface area contributed by atoms with E-state index in [9.17, 15) is 9.65 Å². The lowest BCUT2D eigenvalue weighted by molar-refractivity contribution is 0.237. The second-order valence-corrected chi connectivity index (χ2v) is 9.28. The summed E-state index contributed by atoms with van der Waals surface area (Å²) >= 11 is 0. The van der Waals surface area contributed by atoms with E-state index in [1.54, 1.807) is 12.1 Å². The maximum atomic E-state index is 13.9. The van der Waals surface area contributed by atoms with Gasteiger partial charge in [0.15, 0.2) is 14.4 Å². The van der Waals surface area contributed by atoms with Gasteiger partial charge in [0, 0.05) is 0 Å². The molecule has 5 heteroatoms. The lowest BCUT2D eigenvalue weighted by atomic mass is 10.1. The average molecular weight is 267 g/mol. The molecule has 1 unspecified atom stereocenters. The van der Waals surface area contributed by atoms with E-state index in [2.05, 4.69) is 0 Å². The normalized spacial score (nSPS) is 12.9. The third kappa shape index (κ3) is 3.83. The summed E-state index contributed by atoms with van der Waals surface area (Å²) in [6.45, 7) is 8.10. The van der Waals surface area contributed by atoms with Gasteiger partial charge in [-0.05, 0) is 38.7 Å². The van der Waals surface area contributed by atoms with Crippen LogP contribution in [0.1, 0.15) is 18.6 Å². The molecule has 0 N–H and O–H groups in total. The number of hydrogen-bond donors (Lipinski definition) is 0. The van der Waals surface area contributed by atoms with Crippen molar-refractivity contribution >= 4 is 8.32 Å². The molecule has 0 aliphatic rings. The molecule has 0 aliphatic heterocycles. The summed E-state index contributed by atoms with van der Waals surface area (Å²) < 4.78 is 24.9. The first-order valence-corrected chi connectivity index (χ1v) is 9.28. The van der Waals surface area contributed by atoms with Gasteiger partial charge in [-0.25, -0.2) is 4.39 Å². The summed E-state index contributed by atoms with van der Waals surface area (Å²) in [6, 6.07) is 6.54. The van der Waals surface area contributed by atoms with Crippen LogP contribution in [-0.2, 0) is 4.43 Å². The summed E-state index contributed by atoms with van der Waals surface area (Å²) in [5.74, 6) is -0.0898. The first-order valence-electron chi connectivity index (χ1n) is 5.87. The van der Waals surface area contributed by atoms with E-state index in [4.69, 9.17) is 9.16 Å². The number of hydrogen-bond acceptors (Lipinski definition) is 3. The zero-order valence-electron chi connectivity index (χ0n) is 11.2. The van der Waals surface area contributed by atoms with Gasteiger partial charge < -0.3 is 9.16 Å². The zero-order chi connectivity index (χ0) is 13.8. The van der Waals surface area contributed by atoms with Crippen LogP contribution in [0, 0.1) is 17.1 Å². The molecule has 0 aliphatic carbocycles. The van der Waals surface area contributed by atoms with E-state index in [0.29, 0.717) is 12.4 Å². The number of ether oxygens (including phenoxy) is 1. The van der Waals surface area contributed by atoms with Gasteiger partial charge in [0.1, 0.15) is 11.6 Å². The van der Waals surface area contributed by atoms with Crippen LogP contribution in [0.2, 0.25) is 19.6 Å². The Morgan fingerprint density at radius 2 is 2.06 bits per heavy atom. The number of rotatable bonds is 5. The Morgan fingerprint density at radius 3 is 2.56 bits per heavy atom. The highest BCUT2D eigenvalue weighted by atomic mass is 28.4. The summed E-state index contributed by atoms with van der Waals surface area (Å²) in [5, 5.41) is 9.18. The Morgan fingerprint density at radius 1 is 1.39 bits per heavy atom. The molecule has 0 spiro atoms. The van der Waals surface area contributed by atoms with Crippen molar-refractivity contribution in [3.63, 3.8) is 0 Å². The lowest BCUT2D eigenvalue weighted by Crippen LogP contribution is -2.28. The van der Waals surface area contributed by atoms with Gasteiger partial charge in [-0.3, -0.25) is 0 Å². The standard InChI is InChI=1S/C13H18FNO2Si/c1-5-16-11-8-6-7-10(14)13(11)12(9-15)17-18(2,3)4/h6-8,12H,5H2,1-4H3. The Hall–Kier alpha value is -1.38. The quantitative estimate of drug-likeness (QED) is 0.765. The highest BCUT2D eigenvalue weighted by molar-refractivity contribution is 6.69. The molecule has 0 saturated carbocycles. The molecular weight excluding hydrogens is 249 g/mol. The minimum absolute atomic E-state index is 0.198. The molecule has 1 rings (SSSR count). The van der Waals surface area contributed by atoms with Gasteiger partial charge in [0.2, 0.25) is 0 Å². The molecule has 0 amide bonds. The molecule has 1 aromatic carbocycles. The van der Waals surface area contributed by atoms with Crippen LogP contribution in [-0.4, -0.2) is 14.9 Å². The molecule has 0 bridgehead atoms. The number of benzene rings is 1. The molecule has 0 radical (unpaired) electrons. The molecule has 0 heterocycles. The summed E-state index contributed by atoms with van der Waals surface area (Å²) in [7, 11) is -1.94. The van der Waals surface area contributed by atoms with Crippen molar-refractivity contribution in [2.75, 3.05) is 6.61 Å². The fourth-order valence-corrected chi connectivity index (χ4v) is 2.43. The van der Waals surface area contributed by atoms with Crippen molar-refractivity contribution in [2.45, 2.75) is 32.7 Å². The van der Waals surface area contributed by atoms with Crippen LogP contribution in [0.4, 0.5) is 4.39 Å². The highest BCUT2D eigenvalue weighted by Crippen LogP contribution is 2.32. The smallest absolute Gasteiger partial charge is 0.186 e. The Bertz CT molecular complexity index is 451. The van der Waals surface area contributed by atoms with Crippen molar-refractivity contribution in [3.05, 3.63) is 29.6 Å². The Labute approximate surface area is 108 Å². The van der Waals surface area contributed by atoms with Crippen molar-refractivity contribution in [3.8, 4) is 11.8 Å². The summed E-state index contributed by atoms with van der Waals surface area (Å²) in [4.78, 5) is 0. The third-order valence-corrected chi connectivity index (χ3v) is 3.11. The lowest BCUT2D eigenvalue weighted by Gasteiger charge is -2.23. The topological polar surface area (TPSA) is 42.2 Å². The third-order valence-electron chi connectivity index (χ3n) is 2.16. The highest BCUT2D eigenvalue weighted by Gasteiger charge is 2.27. The molecule has 0 saturated heterocycles. The zero-order valence-corrected chi connectivity index (χ0v) is 12.2. The van der Waals surface area contributed by atoms with E-state index in [0.717, 1.165) is 0 Å². The minimum Gasteiger partial charge on any atom is -0.493 e. The van der Waals surface area contributed by atoms with Crippen molar-refractivity contribution < 1.29 is 13.6 Å². The Balaban J connectivity index is 3.16. The van der Waals surface area contributed by atoms with Gasteiger partial charge in [0.25, 0.3) is 0 Å². The first kappa shape index (κ1) is 14.7. The monoisotopic (exact) mass is 267 g/mol. The van der Waals surface area contributed by atoms with E-state index in [1.807, 2.05) is 32.6 Å². The van der Waals surface area contributed by atoms with E-state index in [1.165, 1.54) is 6.07 Å². The van der Waals surface area contributed by atoms with Crippen molar-refractivity contribution in [1.29, 1.82) is 5.26 Å². The summed E-state index contributed by atoms with van der Waals surface area (Å²) in [5.41, 5.74) is 0.198. The average Bonchev–Trinajstić information content (AvgIpc) is 2.26. The van der Waals surface area contributed by atoms with Gasteiger partial charge in [-0.2, -0.15) is 5.26 Å². The van der Waals surface area contributed by atoms with Crippen LogP contribution in [0.15, 0.2) is 18.2 Å². The number of nitriles is 1. The van der Waals surface area contributed by atoms with Crippen molar-refractivity contribution in [2.24, 2.45) is 0 Å². The largest absolute Gasteiger partial charge is 0.493 e. The molecule has 3 nitrogen and oxygen atoms in total. The molecule has 18 heavy (non-hydrogen) atoms. The van der Waals surface area contributed by atoms with E-state index >= 15 is 0 Å². The molecule has 1 atom stereocenters. The second-order valence-electron chi connectivity index (χ2n) is 4.82. The van der Waals surface area contributed by atoms with E-state index < -0.39 is 20.2 Å². The SMILES string of the molecule is CCOc1cccc(F)c1C(C#N)O[Si](C)(C)C. The number of nitrogens with zero attached hydrogens (tertiary/aromatic N) is 1. The van der Waals surface area contributed by atoms with Gasteiger partial charge >= 0.3 is 0 Å². The van der Waals surface area contributed by atoms with Gasteiger partial charge in [-0.15, -0.1) is 0 Å². The molecule has 1 aromatic rings. The molecular formula is C13H18FNO2Si. The first-order chi connectivity index (χ1) is 8.39. The van der Waals surface area contributed by atoms with E-state index in [-0.39, 0.29) is 5.56 Å². The molecule has 0 fully saturated rings. The van der Waals surface area contributed by atoms with Crippen LogP contribution in [0.25, 0.3) is 0 Å². The van der Waals surface area contributed by atoms with Crippen LogP contribution >= 0.6 is 0 Å². The van der Waals surface area contributed by atoms with Crippen LogP contribution in [0.3, 0.4) is 0 Å². The van der Waals surface area contributed by atoms with Crippen LogP contribution in [0.5, 0.6) is 5.75 Å². The maximum Gasteiger partial charge on any atom is 0.186 e. The molecule has 0 aromatic heterocycles. The van der Waals surface area contributed by atoms with Crippen LogP contribution < -0.4 is 4.74 Å². The number of halogens is 1. The fraction of sp³-hybridized carbons (Fsp3) is 0.462. The Kier molecular flexibility index (Phi) is 4.88. The second kappa shape index (κ2) is 5.98. The minimum atomic E-state index is -1.94. The maximum absolute atomic E-state index is 13.9. The summed E-state index contributed by atoms with van der Waals surface area (Å²) in [6.07, 6.45) is -0.917. The molecule has 98 valence electrons. The predicted octanol–water partition coefficient (Wildman–Crippen LogP) is 3.64. The fourth-order valence-electron chi connectivity index (χ4n) is 1.56. The van der Waals surface area contributed by atoms with Gasteiger partial charge in [0.05, 0.1) is 18.2 Å². The van der Waals surface area contributed by atoms with Gasteiger partial charge in [-0.1, -0.05) is 6.07 Å².